The fourth-order valence-corrected chi connectivity index (χ4v) is 2.69. The number of nitrogens with one attached hydrogen (secondary N) is 1. The monoisotopic (exact) mass is 351 g/mol. The first-order chi connectivity index (χ1) is 12.5. The van der Waals surface area contributed by atoms with E-state index in [4.69, 9.17) is 4.74 Å². The lowest BCUT2D eigenvalue weighted by atomic mass is 9.92. The molecule has 1 aliphatic rings. The van der Waals surface area contributed by atoms with Gasteiger partial charge in [-0.3, -0.25) is 4.79 Å². The molecular weight excluding hydrogens is 330 g/mol. The van der Waals surface area contributed by atoms with Gasteiger partial charge in [0.25, 0.3) is 5.91 Å². The lowest BCUT2D eigenvalue weighted by Gasteiger charge is -2.20. The molecule has 1 fully saturated rings. The summed E-state index contributed by atoms with van der Waals surface area (Å²) in [6, 6.07) is 15.9. The van der Waals surface area contributed by atoms with Gasteiger partial charge in [-0.15, -0.1) is 5.01 Å². The van der Waals surface area contributed by atoms with Crippen molar-refractivity contribution in [3.8, 4) is 5.75 Å². The summed E-state index contributed by atoms with van der Waals surface area (Å²) in [6.07, 6.45) is 2.42. The second-order valence-corrected chi connectivity index (χ2v) is 6.20. The first kappa shape index (κ1) is 17.7. The number of hydrazone groups is 1. The molecule has 0 saturated carbocycles. The van der Waals surface area contributed by atoms with Gasteiger partial charge in [-0.1, -0.05) is 37.3 Å². The molecule has 6 heteroatoms. The Bertz CT molecular complexity index is 818. The second-order valence-electron chi connectivity index (χ2n) is 6.20. The van der Waals surface area contributed by atoms with Crippen molar-refractivity contribution in [3.05, 3.63) is 65.7 Å². The molecule has 0 radical (unpaired) electrons. The van der Waals surface area contributed by atoms with E-state index in [-0.39, 0.29) is 0 Å². The number of amides is 3. The minimum Gasteiger partial charge on any atom is -0.494 e. The number of ether oxygens (including phenoxy) is 1. The molecule has 1 heterocycles. The van der Waals surface area contributed by atoms with Crippen LogP contribution in [0.25, 0.3) is 0 Å². The third-order valence-corrected chi connectivity index (χ3v) is 4.20. The maximum Gasteiger partial charge on any atom is 0.346 e. The third kappa shape index (κ3) is 3.44. The van der Waals surface area contributed by atoms with Crippen molar-refractivity contribution >= 4 is 18.2 Å². The number of imide groups is 1. The minimum atomic E-state index is -1.12. The Morgan fingerprint density at radius 1 is 1.12 bits per heavy atom. The van der Waals surface area contributed by atoms with Crippen LogP contribution < -0.4 is 10.1 Å². The average molecular weight is 351 g/mol. The molecule has 0 aromatic heterocycles. The van der Waals surface area contributed by atoms with E-state index in [0.29, 0.717) is 12.2 Å². The molecule has 3 rings (SSSR count). The van der Waals surface area contributed by atoms with Crippen molar-refractivity contribution in [2.24, 2.45) is 5.10 Å². The van der Waals surface area contributed by atoms with Crippen LogP contribution in [0.4, 0.5) is 4.79 Å². The van der Waals surface area contributed by atoms with Gasteiger partial charge >= 0.3 is 6.03 Å². The second kappa shape index (κ2) is 7.39. The van der Waals surface area contributed by atoms with E-state index in [1.165, 1.54) is 6.21 Å². The van der Waals surface area contributed by atoms with Crippen molar-refractivity contribution in [1.29, 1.82) is 0 Å². The van der Waals surface area contributed by atoms with Crippen LogP contribution in [-0.2, 0) is 10.3 Å². The molecule has 1 saturated heterocycles. The van der Waals surface area contributed by atoms with Crippen LogP contribution in [-0.4, -0.2) is 29.8 Å². The third-order valence-electron chi connectivity index (χ3n) is 4.20. The van der Waals surface area contributed by atoms with Crippen LogP contribution in [0.15, 0.2) is 59.7 Å². The predicted molar refractivity (Wildman–Crippen MR) is 99.0 cm³/mol. The molecule has 3 amide bonds. The minimum absolute atomic E-state index is 0.409. The van der Waals surface area contributed by atoms with E-state index < -0.39 is 17.5 Å². The highest BCUT2D eigenvalue weighted by Gasteiger charge is 2.49. The van der Waals surface area contributed by atoms with Crippen LogP contribution in [0, 0.1) is 0 Å². The number of urea groups is 1. The van der Waals surface area contributed by atoms with Crippen LogP contribution in [0.5, 0.6) is 5.75 Å². The number of rotatable bonds is 6. The zero-order valence-corrected chi connectivity index (χ0v) is 14.8. The molecule has 1 N–H and O–H groups in total. The van der Waals surface area contributed by atoms with Crippen molar-refractivity contribution in [1.82, 2.24) is 10.3 Å². The Labute approximate surface area is 152 Å². The van der Waals surface area contributed by atoms with Crippen LogP contribution >= 0.6 is 0 Å². The highest BCUT2D eigenvalue weighted by molar-refractivity contribution is 6.07. The lowest BCUT2D eigenvalue weighted by Crippen LogP contribution is -2.40. The fraction of sp³-hybridized carbons (Fsp3) is 0.250. The molecule has 1 atom stereocenters. The average Bonchev–Trinajstić information content (AvgIpc) is 2.89. The maximum absolute atomic E-state index is 12.7. The predicted octanol–water partition coefficient (Wildman–Crippen LogP) is 3.28. The Hall–Kier alpha value is -3.15. The SMILES string of the molecule is CCCOc1ccc(/C=N\N2C(=O)N[C@](C)(c3ccccc3)C2=O)cc1. The van der Waals surface area contributed by atoms with Crippen molar-refractivity contribution in [2.45, 2.75) is 25.8 Å². The number of hydrogen-bond donors (Lipinski definition) is 1. The molecule has 0 unspecified atom stereocenters. The van der Waals surface area contributed by atoms with E-state index in [2.05, 4.69) is 10.4 Å². The van der Waals surface area contributed by atoms with E-state index in [1.807, 2.05) is 49.4 Å². The van der Waals surface area contributed by atoms with Crippen LogP contribution in [0.1, 0.15) is 31.4 Å². The summed E-state index contributed by atoms with van der Waals surface area (Å²) >= 11 is 0. The number of carbonyl (C=O) groups is 2. The van der Waals surface area contributed by atoms with Gasteiger partial charge in [0.1, 0.15) is 11.3 Å². The van der Waals surface area contributed by atoms with E-state index in [1.54, 1.807) is 19.1 Å². The highest BCUT2D eigenvalue weighted by Crippen LogP contribution is 2.28. The van der Waals surface area contributed by atoms with Gasteiger partial charge in [0, 0.05) is 0 Å². The summed E-state index contributed by atoms with van der Waals surface area (Å²) in [5.41, 5.74) is 0.365. The van der Waals surface area contributed by atoms with E-state index >= 15 is 0 Å². The van der Waals surface area contributed by atoms with Gasteiger partial charge < -0.3 is 10.1 Å². The van der Waals surface area contributed by atoms with Gasteiger partial charge in [-0.25, -0.2) is 4.79 Å². The van der Waals surface area contributed by atoms with Gasteiger partial charge in [-0.2, -0.15) is 5.10 Å². The molecule has 1 aliphatic heterocycles. The summed E-state index contributed by atoms with van der Waals surface area (Å²) in [7, 11) is 0. The molecule has 0 aliphatic carbocycles. The summed E-state index contributed by atoms with van der Waals surface area (Å²) in [5.74, 6) is 0.364. The molecule has 6 nitrogen and oxygen atoms in total. The molecule has 26 heavy (non-hydrogen) atoms. The largest absolute Gasteiger partial charge is 0.494 e. The number of hydrogen-bond acceptors (Lipinski definition) is 4. The quantitative estimate of drug-likeness (QED) is 0.641. The van der Waals surface area contributed by atoms with Crippen molar-refractivity contribution in [3.63, 3.8) is 0 Å². The highest BCUT2D eigenvalue weighted by atomic mass is 16.5. The van der Waals surface area contributed by atoms with Gasteiger partial charge in [0.05, 0.1) is 12.8 Å². The molecule has 2 aromatic rings. The summed E-state index contributed by atoms with van der Waals surface area (Å²) < 4.78 is 5.53. The Kier molecular flexibility index (Phi) is 5.02. The van der Waals surface area contributed by atoms with Crippen molar-refractivity contribution in [2.75, 3.05) is 6.61 Å². The molecule has 0 spiro atoms. The molecule has 0 bridgehead atoms. The molecule has 2 aromatic carbocycles. The topological polar surface area (TPSA) is 71.0 Å². The summed E-state index contributed by atoms with van der Waals surface area (Å²) in [5, 5.41) is 7.66. The first-order valence-corrected chi connectivity index (χ1v) is 8.53. The van der Waals surface area contributed by atoms with Crippen molar-refractivity contribution < 1.29 is 14.3 Å². The normalized spacial score (nSPS) is 19.8. The number of carbonyl (C=O) groups excluding carboxylic acids is 2. The van der Waals surface area contributed by atoms with Gasteiger partial charge in [0.2, 0.25) is 0 Å². The maximum atomic E-state index is 12.7. The van der Waals surface area contributed by atoms with E-state index in [9.17, 15) is 9.59 Å². The fourth-order valence-electron chi connectivity index (χ4n) is 2.69. The van der Waals surface area contributed by atoms with Crippen LogP contribution in [0.2, 0.25) is 0 Å². The number of benzene rings is 2. The lowest BCUT2D eigenvalue weighted by molar-refractivity contribution is -0.131. The molecule has 134 valence electrons. The molecular formula is C20H21N3O3. The smallest absolute Gasteiger partial charge is 0.346 e. The van der Waals surface area contributed by atoms with Gasteiger partial charge in [0.15, 0.2) is 0 Å². The Morgan fingerprint density at radius 2 is 1.81 bits per heavy atom. The van der Waals surface area contributed by atoms with Gasteiger partial charge in [-0.05, 0) is 48.7 Å². The number of nitrogens with zero attached hydrogens (tertiary/aromatic N) is 2. The summed E-state index contributed by atoms with van der Waals surface area (Å²) in [6.45, 7) is 4.38. The standard InChI is InChI=1S/C20H21N3O3/c1-3-13-26-17-11-9-15(10-12-17)14-21-23-18(24)20(2,22-19(23)25)16-7-5-4-6-8-16/h4-12,14H,3,13H2,1-2H3,(H,22,25)/b21-14-/t20-/m1/s1. The Balaban J connectivity index is 1.74. The van der Waals surface area contributed by atoms with E-state index in [0.717, 1.165) is 22.7 Å². The van der Waals surface area contributed by atoms with Crippen LogP contribution in [0.3, 0.4) is 0 Å². The summed E-state index contributed by atoms with van der Waals surface area (Å²) in [4.78, 5) is 25.0. The zero-order chi connectivity index (χ0) is 18.6. The zero-order valence-electron chi connectivity index (χ0n) is 14.8. The Morgan fingerprint density at radius 3 is 2.46 bits per heavy atom. The first-order valence-electron chi connectivity index (χ1n) is 8.53.